The fraction of sp³-hybridized carbons (Fsp3) is 0.448. The molecule has 5 nitrogen and oxygen atoms in total. The number of carbonyl (C=O) groups excluding carboxylic acids is 1. The number of ether oxygens (including phenoxy) is 2. The molecular weight excluding hydrogens is 479 g/mol. The van der Waals surface area contributed by atoms with Gasteiger partial charge in [0.05, 0.1) is 30.2 Å². The Morgan fingerprint density at radius 3 is 2.61 bits per heavy atom. The fourth-order valence-corrected chi connectivity index (χ4v) is 5.56. The standard InChI is InChI=1S/C29H34ClFN2O3/c1-35-22-10-11-26-23(19-22)27(24(30)20-32-26)25(31)12-13-29(28(34)36-2)14-17-33(18-15-29)16-6-9-21-7-4-3-5-8-21/h3-5,7-8,10-11,19-20,25H,6,9,12-18H2,1-2H3/t25-/m0/s1. The number of nitrogens with zero attached hydrogens (tertiary/aromatic N) is 2. The van der Waals surface area contributed by atoms with E-state index in [4.69, 9.17) is 21.1 Å². The van der Waals surface area contributed by atoms with E-state index in [1.165, 1.54) is 18.9 Å². The summed E-state index contributed by atoms with van der Waals surface area (Å²) in [6.07, 6.45) is 4.17. The first kappa shape index (κ1) is 26.4. The summed E-state index contributed by atoms with van der Waals surface area (Å²) < 4.78 is 26.3. The first-order chi connectivity index (χ1) is 17.5. The van der Waals surface area contributed by atoms with Gasteiger partial charge in [-0.3, -0.25) is 9.78 Å². The highest BCUT2D eigenvalue weighted by molar-refractivity contribution is 6.32. The maximum absolute atomic E-state index is 15.7. The van der Waals surface area contributed by atoms with E-state index < -0.39 is 11.6 Å². The molecule has 1 aliphatic heterocycles. The first-order valence-electron chi connectivity index (χ1n) is 12.6. The second kappa shape index (κ2) is 12.0. The Kier molecular flexibility index (Phi) is 8.81. The Balaban J connectivity index is 1.40. The van der Waals surface area contributed by atoms with Crippen LogP contribution in [0.4, 0.5) is 4.39 Å². The predicted octanol–water partition coefficient (Wildman–Crippen LogP) is 6.58. The summed E-state index contributed by atoms with van der Waals surface area (Å²) in [6.45, 7) is 2.59. The molecule has 0 spiro atoms. The quantitative estimate of drug-likeness (QED) is 0.287. The molecule has 1 fully saturated rings. The van der Waals surface area contributed by atoms with Crippen molar-refractivity contribution >= 4 is 28.5 Å². The molecule has 0 unspecified atom stereocenters. The smallest absolute Gasteiger partial charge is 0.311 e. The molecule has 192 valence electrons. The van der Waals surface area contributed by atoms with E-state index in [1.807, 2.05) is 6.07 Å². The molecule has 1 aromatic heterocycles. The van der Waals surface area contributed by atoms with Crippen LogP contribution in [-0.2, 0) is 16.0 Å². The number of fused-ring (bicyclic) bond motifs is 1. The molecule has 0 aliphatic carbocycles. The van der Waals surface area contributed by atoms with Crippen LogP contribution in [0.15, 0.2) is 54.7 Å². The molecule has 0 bridgehead atoms. The van der Waals surface area contributed by atoms with Crippen molar-refractivity contribution < 1.29 is 18.7 Å². The summed E-state index contributed by atoms with van der Waals surface area (Å²) in [5.74, 6) is 0.372. The maximum atomic E-state index is 15.7. The number of pyridine rings is 1. The second-order valence-corrected chi connectivity index (χ2v) is 10.0. The molecule has 0 saturated carbocycles. The van der Waals surface area contributed by atoms with Crippen LogP contribution >= 0.6 is 11.6 Å². The van der Waals surface area contributed by atoms with Crippen LogP contribution in [0, 0.1) is 5.41 Å². The number of likely N-dealkylation sites (tertiary alicyclic amines) is 1. The zero-order valence-corrected chi connectivity index (χ0v) is 21.8. The lowest BCUT2D eigenvalue weighted by Crippen LogP contribution is -2.45. The van der Waals surface area contributed by atoms with E-state index in [-0.39, 0.29) is 17.4 Å². The lowest BCUT2D eigenvalue weighted by molar-refractivity contribution is -0.156. The van der Waals surface area contributed by atoms with Gasteiger partial charge in [0.25, 0.3) is 0 Å². The molecule has 7 heteroatoms. The summed E-state index contributed by atoms with van der Waals surface area (Å²) >= 11 is 6.41. The molecule has 0 amide bonds. The van der Waals surface area contributed by atoms with Crippen LogP contribution in [0.25, 0.3) is 10.9 Å². The number of hydrogen-bond acceptors (Lipinski definition) is 5. The number of esters is 1. The number of carbonyl (C=O) groups is 1. The summed E-state index contributed by atoms with van der Waals surface area (Å²) in [4.78, 5) is 19.6. The Bertz CT molecular complexity index is 1170. The summed E-state index contributed by atoms with van der Waals surface area (Å²) in [5, 5.41) is 0.915. The van der Waals surface area contributed by atoms with E-state index in [9.17, 15) is 4.79 Å². The van der Waals surface area contributed by atoms with Gasteiger partial charge in [-0.2, -0.15) is 0 Å². The molecule has 1 saturated heterocycles. The van der Waals surface area contributed by atoms with Gasteiger partial charge in [0, 0.05) is 17.1 Å². The number of piperidine rings is 1. The van der Waals surface area contributed by atoms with E-state index in [2.05, 4.69) is 34.1 Å². The number of halogens is 2. The normalized spacial score (nSPS) is 16.6. The van der Waals surface area contributed by atoms with Crippen LogP contribution in [-0.4, -0.2) is 49.7 Å². The second-order valence-electron chi connectivity index (χ2n) is 9.61. The molecule has 2 heterocycles. The Morgan fingerprint density at radius 2 is 1.92 bits per heavy atom. The summed E-state index contributed by atoms with van der Waals surface area (Å²) in [7, 11) is 2.99. The van der Waals surface area contributed by atoms with Gasteiger partial charge in [-0.25, -0.2) is 4.39 Å². The highest BCUT2D eigenvalue weighted by atomic mass is 35.5. The van der Waals surface area contributed by atoms with Crippen LogP contribution in [0.5, 0.6) is 5.75 Å². The number of methoxy groups -OCH3 is 2. The number of alkyl halides is 1. The predicted molar refractivity (Wildman–Crippen MR) is 141 cm³/mol. The highest BCUT2D eigenvalue weighted by Crippen LogP contribution is 2.42. The SMILES string of the molecule is COC(=O)C1(CC[C@H](F)c2c(Cl)cnc3ccc(OC)cc23)CCN(CCCc2ccccc2)CC1. The Hall–Kier alpha value is -2.70. The van der Waals surface area contributed by atoms with Gasteiger partial charge in [-0.15, -0.1) is 0 Å². The molecular formula is C29H34ClFN2O3. The van der Waals surface area contributed by atoms with Crippen molar-refractivity contribution in [3.8, 4) is 5.75 Å². The van der Waals surface area contributed by atoms with E-state index in [0.717, 1.165) is 32.5 Å². The van der Waals surface area contributed by atoms with Gasteiger partial charge in [-0.05, 0) is 81.9 Å². The number of rotatable bonds is 10. The van der Waals surface area contributed by atoms with Crippen molar-refractivity contribution in [1.82, 2.24) is 9.88 Å². The third-order valence-corrected chi connectivity index (χ3v) is 7.77. The summed E-state index contributed by atoms with van der Waals surface area (Å²) in [5.41, 5.74) is 1.72. The fourth-order valence-electron chi connectivity index (χ4n) is 5.29. The molecule has 3 aromatic rings. The van der Waals surface area contributed by atoms with E-state index >= 15 is 4.39 Å². The highest BCUT2D eigenvalue weighted by Gasteiger charge is 2.42. The molecule has 1 atom stereocenters. The van der Waals surface area contributed by atoms with Crippen molar-refractivity contribution in [1.29, 1.82) is 0 Å². The van der Waals surface area contributed by atoms with Gasteiger partial charge >= 0.3 is 5.97 Å². The molecule has 0 N–H and O–H groups in total. The Labute approximate surface area is 217 Å². The van der Waals surface area contributed by atoms with Crippen LogP contribution < -0.4 is 4.74 Å². The lowest BCUT2D eigenvalue weighted by atomic mass is 9.74. The van der Waals surface area contributed by atoms with Gasteiger partial charge in [-0.1, -0.05) is 41.9 Å². The van der Waals surface area contributed by atoms with Crippen molar-refractivity contribution in [2.45, 2.75) is 44.7 Å². The molecule has 4 rings (SSSR count). The maximum Gasteiger partial charge on any atom is 0.311 e. The van der Waals surface area contributed by atoms with Crippen LogP contribution in [0.1, 0.15) is 49.4 Å². The van der Waals surface area contributed by atoms with Gasteiger partial charge in [0.1, 0.15) is 11.9 Å². The molecule has 0 radical (unpaired) electrons. The number of aromatic nitrogens is 1. The third-order valence-electron chi connectivity index (χ3n) is 7.47. The minimum atomic E-state index is -1.33. The zero-order valence-electron chi connectivity index (χ0n) is 21.0. The molecule has 2 aromatic carbocycles. The topological polar surface area (TPSA) is 51.7 Å². The zero-order chi connectivity index (χ0) is 25.5. The Morgan fingerprint density at radius 1 is 1.17 bits per heavy atom. The average molecular weight is 513 g/mol. The lowest BCUT2D eigenvalue weighted by Gasteiger charge is -2.40. The minimum absolute atomic E-state index is 0.180. The van der Waals surface area contributed by atoms with Crippen molar-refractivity contribution in [3.63, 3.8) is 0 Å². The molecule has 36 heavy (non-hydrogen) atoms. The average Bonchev–Trinajstić information content (AvgIpc) is 2.92. The third kappa shape index (κ3) is 5.98. The number of benzene rings is 2. The van der Waals surface area contributed by atoms with Crippen molar-refractivity contribution in [3.05, 3.63) is 70.9 Å². The van der Waals surface area contributed by atoms with Gasteiger partial charge in [0.15, 0.2) is 0 Å². The van der Waals surface area contributed by atoms with E-state index in [0.29, 0.717) is 41.5 Å². The number of hydrogen-bond donors (Lipinski definition) is 0. The van der Waals surface area contributed by atoms with E-state index in [1.54, 1.807) is 25.3 Å². The minimum Gasteiger partial charge on any atom is -0.497 e. The van der Waals surface area contributed by atoms with Crippen molar-refractivity contribution in [2.75, 3.05) is 33.9 Å². The number of aryl methyl sites for hydroxylation is 1. The van der Waals surface area contributed by atoms with Crippen LogP contribution in [0.2, 0.25) is 5.02 Å². The monoisotopic (exact) mass is 512 g/mol. The van der Waals surface area contributed by atoms with Crippen molar-refractivity contribution in [2.24, 2.45) is 5.41 Å². The molecule has 1 aliphatic rings. The first-order valence-corrected chi connectivity index (χ1v) is 12.9. The van der Waals surface area contributed by atoms with Gasteiger partial charge < -0.3 is 14.4 Å². The largest absolute Gasteiger partial charge is 0.497 e. The van der Waals surface area contributed by atoms with Gasteiger partial charge in [0.2, 0.25) is 0 Å². The van der Waals surface area contributed by atoms with Crippen LogP contribution in [0.3, 0.4) is 0 Å². The summed E-state index contributed by atoms with van der Waals surface area (Å²) in [6, 6.07) is 15.8.